The van der Waals surface area contributed by atoms with Crippen molar-refractivity contribution >= 4 is 73.0 Å². The van der Waals surface area contributed by atoms with E-state index in [1.54, 1.807) is 22.6 Å². The second-order valence-electron chi connectivity index (χ2n) is 7.07. The lowest BCUT2D eigenvalue weighted by Crippen LogP contribution is -2.24. The van der Waals surface area contributed by atoms with Gasteiger partial charge in [0.2, 0.25) is 5.91 Å². The minimum absolute atomic E-state index is 0.0556. The van der Waals surface area contributed by atoms with Gasteiger partial charge in [-0.05, 0) is 42.5 Å². The van der Waals surface area contributed by atoms with Gasteiger partial charge in [0.05, 0.1) is 21.8 Å². The number of benzene rings is 1. The molecule has 0 atom stereocenters. The number of fused-ring (bicyclic) bond motifs is 1. The monoisotopic (exact) mass is 490 g/mol. The molecule has 6 nitrogen and oxygen atoms in total. The number of aromatic nitrogens is 3. The highest BCUT2D eigenvalue weighted by atomic mass is 35.5. The molecular weight excluding hydrogens is 472 g/mol. The van der Waals surface area contributed by atoms with Gasteiger partial charge in [0.1, 0.15) is 4.83 Å². The molecule has 0 saturated heterocycles. The van der Waals surface area contributed by atoms with Crippen LogP contribution in [-0.2, 0) is 17.6 Å². The molecule has 0 spiro atoms. The number of rotatable bonds is 5. The summed E-state index contributed by atoms with van der Waals surface area (Å²) >= 11 is 10.8. The first-order valence-electron chi connectivity index (χ1n) is 9.35. The van der Waals surface area contributed by atoms with Gasteiger partial charge in [-0.1, -0.05) is 29.4 Å². The van der Waals surface area contributed by atoms with Crippen molar-refractivity contribution in [1.82, 2.24) is 14.5 Å². The quantitative estimate of drug-likeness (QED) is 0.265. The lowest BCUT2D eigenvalue weighted by atomic mass is 10.1. The molecule has 0 fully saturated rings. The molecule has 4 aromatic rings. The lowest BCUT2D eigenvalue weighted by Gasteiger charge is -2.22. The maximum absolute atomic E-state index is 12.5. The standard InChI is InChI=1S/C21H19ClN4O2S3/c1-11-7-12(2)17(16(22)8-11)26(13(3)27)21-23-14(10-31-21)9-30-20-24-18-15(5-6-29-18)19(28)25(20)4/h5-8,10H,9H2,1-4H3. The van der Waals surface area contributed by atoms with E-state index in [4.69, 9.17) is 11.6 Å². The van der Waals surface area contributed by atoms with E-state index < -0.39 is 0 Å². The van der Waals surface area contributed by atoms with Crippen LogP contribution >= 0.6 is 46.0 Å². The van der Waals surface area contributed by atoms with Crippen LogP contribution in [0.4, 0.5) is 10.8 Å². The molecule has 3 heterocycles. The third-order valence-corrected chi connectivity index (χ3v) is 7.71. The minimum Gasteiger partial charge on any atom is -0.290 e. The van der Waals surface area contributed by atoms with Crippen molar-refractivity contribution in [1.29, 1.82) is 0 Å². The Labute approximate surface area is 196 Å². The first-order chi connectivity index (χ1) is 14.8. The summed E-state index contributed by atoms with van der Waals surface area (Å²) in [5.41, 5.74) is 3.35. The zero-order chi connectivity index (χ0) is 22.3. The summed E-state index contributed by atoms with van der Waals surface area (Å²) in [6, 6.07) is 5.64. The number of amides is 1. The number of thioether (sulfide) groups is 1. The Morgan fingerprint density at radius 2 is 2.03 bits per heavy atom. The molecule has 160 valence electrons. The van der Waals surface area contributed by atoms with Crippen LogP contribution in [0.25, 0.3) is 10.2 Å². The highest BCUT2D eigenvalue weighted by Crippen LogP contribution is 2.38. The van der Waals surface area contributed by atoms with E-state index in [1.165, 1.54) is 41.4 Å². The molecule has 0 unspecified atom stereocenters. The van der Waals surface area contributed by atoms with E-state index in [9.17, 15) is 9.59 Å². The molecular formula is C21H19ClN4O2S3. The van der Waals surface area contributed by atoms with E-state index in [1.807, 2.05) is 36.7 Å². The highest BCUT2D eigenvalue weighted by Gasteiger charge is 2.23. The van der Waals surface area contributed by atoms with Crippen molar-refractivity contribution in [2.75, 3.05) is 4.90 Å². The van der Waals surface area contributed by atoms with Crippen LogP contribution in [-0.4, -0.2) is 20.4 Å². The molecule has 3 aromatic heterocycles. The summed E-state index contributed by atoms with van der Waals surface area (Å²) < 4.78 is 1.56. The number of anilines is 2. The summed E-state index contributed by atoms with van der Waals surface area (Å²) in [5.74, 6) is 0.370. The van der Waals surface area contributed by atoms with Gasteiger partial charge in [0.15, 0.2) is 10.3 Å². The molecule has 0 saturated carbocycles. The molecule has 1 amide bonds. The number of thiazole rings is 1. The summed E-state index contributed by atoms with van der Waals surface area (Å²) in [7, 11) is 1.72. The topological polar surface area (TPSA) is 68.1 Å². The molecule has 0 bridgehead atoms. The van der Waals surface area contributed by atoms with Gasteiger partial charge in [0.25, 0.3) is 5.56 Å². The van der Waals surface area contributed by atoms with Crippen LogP contribution < -0.4 is 10.5 Å². The van der Waals surface area contributed by atoms with Crippen LogP contribution in [0.1, 0.15) is 23.7 Å². The van der Waals surface area contributed by atoms with Crippen molar-refractivity contribution in [2.45, 2.75) is 31.7 Å². The molecule has 1 aromatic carbocycles. The van der Waals surface area contributed by atoms with Crippen molar-refractivity contribution in [3.63, 3.8) is 0 Å². The number of hydrogen-bond acceptors (Lipinski definition) is 7. The van der Waals surface area contributed by atoms with Gasteiger partial charge in [-0.25, -0.2) is 9.97 Å². The zero-order valence-corrected chi connectivity index (χ0v) is 20.5. The molecule has 0 aliphatic carbocycles. The average Bonchev–Trinajstić information content (AvgIpc) is 3.35. The van der Waals surface area contributed by atoms with Crippen LogP contribution in [0.3, 0.4) is 0 Å². The Hall–Kier alpha value is -2.20. The van der Waals surface area contributed by atoms with E-state index in [0.717, 1.165) is 21.7 Å². The predicted octanol–water partition coefficient (Wildman–Crippen LogP) is 5.70. The first-order valence-corrected chi connectivity index (χ1v) is 12.5. The molecule has 0 N–H and O–H groups in total. The average molecular weight is 491 g/mol. The Balaban J connectivity index is 1.61. The second-order valence-corrected chi connectivity index (χ2v) is 10.2. The Bertz CT molecular complexity index is 1340. The summed E-state index contributed by atoms with van der Waals surface area (Å²) in [5, 5.41) is 6.13. The van der Waals surface area contributed by atoms with Gasteiger partial charge in [-0.2, -0.15) is 0 Å². The minimum atomic E-state index is -0.158. The van der Waals surface area contributed by atoms with Crippen LogP contribution in [0, 0.1) is 13.8 Å². The molecule has 31 heavy (non-hydrogen) atoms. The van der Waals surface area contributed by atoms with E-state index in [2.05, 4.69) is 9.97 Å². The van der Waals surface area contributed by atoms with Crippen LogP contribution in [0.5, 0.6) is 0 Å². The third-order valence-electron chi connectivity index (χ3n) is 4.68. The Morgan fingerprint density at radius 3 is 2.74 bits per heavy atom. The molecule has 10 heteroatoms. The first kappa shape index (κ1) is 22.0. The van der Waals surface area contributed by atoms with Crippen molar-refractivity contribution in [3.05, 3.63) is 61.2 Å². The number of nitrogens with zero attached hydrogens (tertiary/aromatic N) is 4. The Morgan fingerprint density at radius 1 is 1.26 bits per heavy atom. The van der Waals surface area contributed by atoms with E-state index >= 15 is 0 Å². The molecule has 4 rings (SSSR count). The second kappa shape index (κ2) is 8.74. The van der Waals surface area contributed by atoms with Crippen molar-refractivity contribution < 1.29 is 4.79 Å². The molecule has 0 aliphatic heterocycles. The fraction of sp³-hybridized carbons (Fsp3) is 0.238. The third kappa shape index (κ3) is 4.27. The van der Waals surface area contributed by atoms with Crippen LogP contribution in [0.15, 0.2) is 38.9 Å². The Kier molecular flexibility index (Phi) is 6.20. The number of thiophene rings is 1. The zero-order valence-electron chi connectivity index (χ0n) is 17.3. The summed E-state index contributed by atoms with van der Waals surface area (Å²) in [6.45, 7) is 5.40. The van der Waals surface area contributed by atoms with Crippen LogP contribution in [0.2, 0.25) is 5.02 Å². The van der Waals surface area contributed by atoms with Gasteiger partial charge < -0.3 is 0 Å². The largest absolute Gasteiger partial charge is 0.290 e. The number of halogens is 1. The summed E-state index contributed by atoms with van der Waals surface area (Å²) in [6.07, 6.45) is 0. The fourth-order valence-corrected chi connectivity index (χ4v) is 6.35. The van der Waals surface area contributed by atoms with Crippen molar-refractivity contribution in [2.24, 2.45) is 7.05 Å². The van der Waals surface area contributed by atoms with E-state index in [-0.39, 0.29) is 11.5 Å². The lowest BCUT2D eigenvalue weighted by molar-refractivity contribution is -0.115. The van der Waals surface area contributed by atoms with Gasteiger partial charge in [0, 0.05) is 25.1 Å². The molecule has 0 aliphatic rings. The molecule has 0 radical (unpaired) electrons. The highest BCUT2D eigenvalue weighted by molar-refractivity contribution is 7.98. The summed E-state index contributed by atoms with van der Waals surface area (Å²) in [4.78, 5) is 36.5. The van der Waals surface area contributed by atoms with Gasteiger partial charge in [-0.15, -0.1) is 22.7 Å². The number of carbonyl (C=O) groups excluding carboxylic acids is 1. The van der Waals surface area contributed by atoms with Gasteiger partial charge >= 0.3 is 0 Å². The normalized spacial score (nSPS) is 11.3. The number of carbonyl (C=O) groups is 1. The number of hydrogen-bond donors (Lipinski definition) is 0. The van der Waals surface area contributed by atoms with E-state index in [0.29, 0.717) is 32.1 Å². The smallest absolute Gasteiger partial charge is 0.262 e. The van der Waals surface area contributed by atoms with Gasteiger partial charge in [-0.3, -0.25) is 19.1 Å². The maximum atomic E-state index is 12.5. The number of aryl methyl sites for hydroxylation is 2. The predicted molar refractivity (Wildman–Crippen MR) is 130 cm³/mol. The fourth-order valence-electron chi connectivity index (χ4n) is 3.29. The maximum Gasteiger partial charge on any atom is 0.262 e. The SMILES string of the molecule is CC(=O)N(c1nc(CSc2nc3sccc3c(=O)n2C)cs1)c1c(C)cc(C)cc1Cl. The van der Waals surface area contributed by atoms with Crippen molar-refractivity contribution in [3.8, 4) is 0 Å².